The van der Waals surface area contributed by atoms with Gasteiger partial charge in [-0.15, -0.1) is 0 Å². The van der Waals surface area contributed by atoms with Gasteiger partial charge in [-0.3, -0.25) is 19.7 Å². The van der Waals surface area contributed by atoms with Gasteiger partial charge in [-0.1, -0.05) is 29.8 Å². The molecule has 0 unspecified atom stereocenters. The number of hydrogen-bond donors (Lipinski definition) is 1. The van der Waals surface area contributed by atoms with Gasteiger partial charge in [-0.05, 0) is 18.1 Å². The lowest BCUT2D eigenvalue weighted by Gasteiger charge is -2.25. The van der Waals surface area contributed by atoms with Gasteiger partial charge in [-0.25, -0.2) is 0 Å². The SMILES string of the molecule is O=C1CN(C(=O)CCc2ccccc2Cl)CC(=O)N1. The molecule has 1 aliphatic rings. The molecule has 1 heterocycles. The zero-order chi connectivity index (χ0) is 13.8. The molecular formula is C13H13ClN2O3. The van der Waals surface area contributed by atoms with Crippen LogP contribution in [0.1, 0.15) is 12.0 Å². The normalized spacial score (nSPS) is 15.3. The number of benzene rings is 1. The number of nitrogens with one attached hydrogen (secondary N) is 1. The number of carbonyl (C=O) groups is 3. The van der Waals surface area contributed by atoms with E-state index in [0.717, 1.165) is 5.56 Å². The first-order chi connectivity index (χ1) is 9.06. The molecule has 1 fully saturated rings. The number of aryl methyl sites for hydroxylation is 1. The molecule has 2 rings (SSSR count). The zero-order valence-electron chi connectivity index (χ0n) is 10.2. The van der Waals surface area contributed by atoms with Gasteiger partial charge in [0.2, 0.25) is 17.7 Å². The molecule has 0 saturated carbocycles. The molecule has 1 aliphatic heterocycles. The van der Waals surface area contributed by atoms with Crippen LogP contribution < -0.4 is 5.32 Å². The van der Waals surface area contributed by atoms with Gasteiger partial charge in [0.25, 0.3) is 0 Å². The van der Waals surface area contributed by atoms with E-state index in [0.29, 0.717) is 11.4 Å². The molecule has 19 heavy (non-hydrogen) atoms. The second-order valence-electron chi connectivity index (χ2n) is 4.31. The zero-order valence-corrected chi connectivity index (χ0v) is 10.9. The molecule has 0 aromatic heterocycles. The third-order valence-corrected chi connectivity index (χ3v) is 3.24. The first-order valence-corrected chi connectivity index (χ1v) is 6.28. The van der Waals surface area contributed by atoms with Crippen molar-refractivity contribution < 1.29 is 14.4 Å². The van der Waals surface area contributed by atoms with Crippen LogP contribution in [0.25, 0.3) is 0 Å². The second-order valence-corrected chi connectivity index (χ2v) is 4.72. The molecule has 1 N–H and O–H groups in total. The molecule has 0 atom stereocenters. The van der Waals surface area contributed by atoms with E-state index in [1.165, 1.54) is 4.90 Å². The number of rotatable bonds is 3. The van der Waals surface area contributed by atoms with Gasteiger partial charge in [-0.2, -0.15) is 0 Å². The van der Waals surface area contributed by atoms with Crippen molar-refractivity contribution in [3.8, 4) is 0 Å². The van der Waals surface area contributed by atoms with E-state index in [9.17, 15) is 14.4 Å². The highest BCUT2D eigenvalue weighted by Crippen LogP contribution is 2.17. The van der Waals surface area contributed by atoms with Crippen LogP contribution in [0.2, 0.25) is 5.02 Å². The fourth-order valence-corrected chi connectivity index (χ4v) is 2.14. The van der Waals surface area contributed by atoms with Gasteiger partial charge in [0.05, 0.1) is 0 Å². The first-order valence-electron chi connectivity index (χ1n) is 5.90. The summed E-state index contributed by atoms with van der Waals surface area (Å²) < 4.78 is 0. The summed E-state index contributed by atoms with van der Waals surface area (Å²) in [4.78, 5) is 35.5. The Hall–Kier alpha value is -1.88. The van der Waals surface area contributed by atoms with Crippen LogP contribution in [0.4, 0.5) is 0 Å². The van der Waals surface area contributed by atoms with Crippen LogP contribution in [0.5, 0.6) is 0 Å². The third-order valence-electron chi connectivity index (χ3n) is 2.87. The van der Waals surface area contributed by atoms with Gasteiger partial charge >= 0.3 is 0 Å². The van der Waals surface area contributed by atoms with Crippen molar-refractivity contribution in [1.29, 1.82) is 0 Å². The summed E-state index contributed by atoms with van der Waals surface area (Å²) >= 11 is 6.00. The number of piperazine rings is 1. The second kappa shape index (κ2) is 5.84. The summed E-state index contributed by atoms with van der Waals surface area (Å²) in [5, 5.41) is 2.77. The Balaban J connectivity index is 1.93. The standard InChI is InChI=1S/C13H13ClN2O3/c14-10-4-2-1-3-9(10)5-6-13(19)16-7-11(17)15-12(18)8-16/h1-4H,5-8H2,(H,15,17,18). The maximum Gasteiger partial charge on any atom is 0.246 e. The van der Waals surface area contributed by atoms with Crippen molar-refractivity contribution in [1.82, 2.24) is 10.2 Å². The molecule has 3 amide bonds. The number of imide groups is 1. The Morgan fingerprint density at radius 3 is 2.47 bits per heavy atom. The lowest BCUT2D eigenvalue weighted by Crippen LogP contribution is -2.53. The molecule has 0 bridgehead atoms. The van der Waals surface area contributed by atoms with Gasteiger partial charge < -0.3 is 4.90 Å². The molecule has 0 spiro atoms. The fourth-order valence-electron chi connectivity index (χ4n) is 1.91. The maximum absolute atomic E-state index is 11.9. The predicted molar refractivity (Wildman–Crippen MR) is 69.5 cm³/mol. The van der Waals surface area contributed by atoms with Crippen LogP contribution in [-0.2, 0) is 20.8 Å². The quantitative estimate of drug-likeness (QED) is 0.831. The van der Waals surface area contributed by atoms with Crippen molar-refractivity contribution in [2.75, 3.05) is 13.1 Å². The summed E-state index contributed by atoms with van der Waals surface area (Å²) in [6, 6.07) is 7.29. The molecule has 1 aromatic rings. The Labute approximate surface area is 115 Å². The largest absolute Gasteiger partial charge is 0.324 e. The van der Waals surface area contributed by atoms with Crippen molar-refractivity contribution in [3.05, 3.63) is 34.9 Å². The van der Waals surface area contributed by atoms with E-state index in [-0.39, 0.29) is 25.4 Å². The summed E-state index contributed by atoms with van der Waals surface area (Å²) in [7, 11) is 0. The van der Waals surface area contributed by atoms with Crippen LogP contribution in [-0.4, -0.2) is 35.7 Å². The van der Waals surface area contributed by atoms with Crippen LogP contribution in [0.3, 0.4) is 0 Å². The topological polar surface area (TPSA) is 66.5 Å². The Bertz CT molecular complexity index is 514. The molecule has 1 aromatic carbocycles. The van der Waals surface area contributed by atoms with E-state index < -0.39 is 11.8 Å². The van der Waals surface area contributed by atoms with E-state index in [4.69, 9.17) is 11.6 Å². The van der Waals surface area contributed by atoms with Gasteiger partial charge in [0.1, 0.15) is 13.1 Å². The smallest absolute Gasteiger partial charge is 0.246 e. The first kappa shape index (κ1) is 13.5. The lowest BCUT2D eigenvalue weighted by atomic mass is 10.1. The monoisotopic (exact) mass is 280 g/mol. The van der Waals surface area contributed by atoms with E-state index >= 15 is 0 Å². The molecule has 100 valence electrons. The number of carbonyl (C=O) groups excluding carboxylic acids is 3. The summed E-state index contributed by atoms with van der Waals surface area (Å²) in [5.41, 5.74) is 0.880. The minimum Gasteiger partial charge on any atom is -0.324 e. The lowest BCUT2D eigenvalue weighted by molar-refractivity contribution is -0.145. The number of nitrogens with zero attached hydrogens (tertiary/aromatic N) is 1. The summed E-state index contributed by atoms with van der Waals surface area (Å²) in [6.45, 7) is -0.125. The fraction of sp³-hybridized carbons (Fsp3) is 0.308. The summed E-state index contributed by atoms with van der Waals surface area (Å²) in [6.07, 6.45) is 0.717. The number of hydrogen-bond acceptors (Lipinski definition) is 3. The molecule has 5 nitrogen and oxygen atoms in total. The Morgan fingerprint density at radius 2 is 1.84 bits per heavy atom. The molecule has 1 saturated heterocycles. The molecule has 0 aliphatic carbocycles. The average Bonchev–Trinajstić information content (AvgIpc) is 2.36. The Morgan fingerprint density at radius 1 is 1.21 bits per heavy atom. The van der Waals surface area contributed by atoms with Gasteiger partial charge in [0.15, 0.2) is 0 Å². The minimum absolute atomic E-state index is 0.0624. The third kappa shape index (κ3) is 3.54. The Kier molecular flexibility index (Phi) is 4.16. The van der Waals surface area contributed by atoms with Crippen LogP contribution in [0.15, 0.2) is 24.3 Å². The maximum atomic E-state index is 11.9. The van der Waals surface area contributed by atoms with Crippen molar-refractivity contribution in [2.45, 2.75) is 12.8 Å². The van der Waals surface area contributed by atoms with Crippen molar-refractivity contribution in [2.24, 2.45) is 0 Å². The predicted octanol–water partition coefficient (Wildman–Crippen LogP) is 0.758. The van der Waals surface area contributed by atoms with Gasteiger partial charge in [0, 0.05) is 11.4 Å². The molecule has 0 radical (unpaired) electrons. The molecule has 6 heteroatoms. The van der Waals surface area contributed by atoms with E-state index in [2.05, 4.69) is 5.32 Å². The highest BCUT2D eigenvalue weighted by molar-refractivity contribution is 6.31. The highest BCUT2D eigenvalue weighted by atomic mass is 35.5. The van der Waals surface area contributed by atoms with E-state index in [1.807, 2.05) is 18.2 Å². The van der Waals surface area contributed by atoms with Crippen molar-refractivity contribution in [3.63, 3.8) is 0 Å². The van der Waals surface area contributed by atoms with Crippen LogP contribution >= 0.6 is 11.6 Å². The average molecular weight is 281 g/mol. The van der Waals surface area contributed by atoms with Crippen molar-refractivity contribution >= 4 is 29.3 Å². The minimum atomic E-state index is -0.442. The van der Waals surface area contributed by atoms with Crippen LogP contribution in [0, 0.1) is 0 Å². The molecular weight excluding hydrogens is 268 g/mol. The van der Waals surface area contributed by atoms with E-state index in [1.54, 1.807) is 6.07 Å². The highest BCUT2D eigenvalue weighted by Gasteiger charge is 2.25. The number of amides is 3. The number of halogens is 1. The summed E-state index contributed by atoms with van der Waals surface area (Å²) in [5.74, 6) is -1.10.